The van der Waals surface area contributed by atoms with Crippen molar-refractivity contribution >= 4 is 0 Å². The van der Waals surface area contributed by atoms with Crippen LogP contribution >= 0.6 is 0 Å². The second kappa shape index (κ2) is 5.77. The molecule has 1 aliphatic heterocycles. The summed E-state index contributed by atoms with van der Waals surface area (Å²) in [7, 11) is 0. The fourth-order valence-electron chi connectivity index (χ4n) is 2.00. The number of piperidine rings is 1. The second-order valence-electron chi connectivity index (χ2n) is 4.15. The van der Waals surface area contributed by atoms with Crippen molar-refractivity contribution < 1.29 is 20.4 Å². The molecule has 0 unspecified atom stereocenters. The van der Waals surface area contributed by atoms with E-state index >= 15 is 0 Å². The Bertz CT molecular complexity index is 190. The zero-order valence-corrected chi connectivity index (χ0v) is 9.08. The Morgan fingerprint density at radius 2 is 1.87 bits per heavy atom. The number of nitrogens with zero attached hydrogens (tertiary/aromatic N) is 1. The second-order valence-corrected chi connectivity index (χ2v) is 4.15. The van der Waals surface area contributed by atoms with Crippen molar-refractivity contribution in [1.82, 2.24) is 4.90 Å². The van der Waals surface area contributed by atoms with Gasteiger partial charge in [-0.25, -0.2) is 0 Å². The Morgan fingerprint density at radius 1 is 1.20 bits per heavy atom. The van der Waals surface area contributed by atoms with Crippen molar-refractivity contribution in [3.8, 4) is 0 Å². The number of hydrogen-bond acceptors (Lipinski definition) is 5. The van der Waals surface area contributed by atoms with Gasteiger partial charge in [-0.2, -0.15) is 0 Å². The van der Waals surface area contributed by atoms with Gasteiger partial charge in [0.25, 0.3) is 0 Å². The summed E-state index contributed by atoms with van der Waals surface area (Å²) in [5.41, 5.74) is 0. The Kier molecular flexibility index (Phi) is 4.95. The summed E-state index contributed by atoms with van der Waals surface area (Å²) in [6.07, 6.45) is -1.19. The van der Waals surface area contributed by atoms with Gasteiger partial charge in [0.2, 0.25) is 0 Å². The molecule has 0 radical (unpaired) electrons. The van der Waals surface area contributed by atoms with E-state index in [1.165, 1.54) is 0 Å². The van der Waals surface area contributed by atoms with E-state index in [0.29, 0.717) is 6.54 Å². The van der Waals surface area contributed by atoms with Crippen LogP contribution in [0, 0.1) is 0 Å². The van der Waals surface area contributed by atoms with Gasteiger partial charge in [0.15, 0.2) is 0 Å². The molecule has 0 aromatic carbocycles. The third kappa shape index (κ3) is 2.89. The Morgan fingerprint density at radius 3 is 2.40 bits per heavy atom. The molecule has 4 N–H and O–H groups in total. The molecule has 4 atom stereocenters. The van der Waals surface area contributed by atoms with Crippen LogP contribution in [0.3, 0.4) is 0 Å². The lowest BCUT2D eigenvalue weighted by atomic mass is 9.94. The van der Waals surface area contributed by atoms with E-state index in [9.17, 15) is 15.3 Å². The minimum Gasteiger partial charge on any atom is -0.395 e. The molecule has 0 spiro atoms. The Labute approximate surface area is 90.0 Å². The molecule has 0 amide bonds. The number of β-amino-alcohol motifs (C(OH)–C–C–N with tert-alkyl or cyclic N) is 1. The smallest absolute Gasteiger partial charge is 0.109 e. The van der Waals surface area contributed by atoms with E-state index in [1.54, 1.807) is 0 Å². The fraction of sp³-hybridized carbons (Fsp3) is 1.00. The lowest BCUT2D eigenvalue weighted by Gasteiger charge is -2.43. The number of rotatable bonds is 4. The first-order valence-corrected chi connectivity index (χ1v) is 5.51. The first-order chi connectivity index (χ1) is 7.11. The number of unbranched alkanes of at least 4 members (excludes halogenated alkanes) is 1. The first kappa shape index (κ1) is 12.9. The van der Waals surface area contributed by atoms with Crippen LogP contribution in [0.1, 0.15) is 19.8 Å². The Hall–Kier alpha value is -0.200. The minimum absolute atomic E-state index is 0.200. The van der Waals surface area contributed by atoms with Gasteiger partial charge in [-0.15, -0.1) is 0 Å². The van der Waals surface area contributed by atoms with Crippen molar-refractivity contribution in [2.45, 2.75) is 44.1 Å². The molecule has 5 heteroatoms. The molecule has 0 aromatic heterocycles. The van der Waals surface area contributed by atoms with Crippen LogP contribution in [0.25, 0.3) is 0 Å². The third-order valence-electron chi connectivity index (χ3n) is 3.01. The molecule has 1 rings (SSSR count). The fourth-order valence-corrected chi connectivity index (χ4v) is 2.00. The van der Waals surface area contributed by atoms with E-state index in [0.717, 1.165) is 19.4 Å². The summed E-state index contributed by atoms with van der Waals surface area (Å²) in [6, 6.07) is -0.463. The van der Waals surface area contributed by atoms with Crippen molar-refractivity contribution in [2.24, 2.45) is 0 Å². The number of aliphatic hydroxyl groups is 4. The van der Waals surface area contributed by atoms with E-state index in [1.807, 2.05) is 4.90 Å². The average molecular weight is 219 g/mol. The maximum atomic E-state index is 9.67. The molecule has 5 nitrogen and oxygen atoms in total. The predicted molar refractivity (Wildman–Crippen MR) is 55.4 cm³/mol. The average Bonchev–Trinajstić information content (AvgIpc) is 2.23. The van der Waals surface area contributed by atoms with Crippen LogP contribution in [-0.4, -0.2) is 69.4 Å². The summed E-state index contributed by atoms with van der Waals surface area (Å²) in [5.74, 6) is 0. The third-order valence-corrected chi connectivity index (χ3v) is 3.01. The molecule has 0 aromatic rings. The SMILES string of the molecule is CCCCN1C[C@@H](O)[C@@H](O)[C@@H](O)[C@H]1CO. The molecule has 1 heterocycles. The maximum Gasteiger partial charge on any atom is 0.109 e. The summed E-state index contributed by atoms with van der Waals surface area (Å²) >= 11 is 0. The van der Waals surface area contributed by atoms with Crippen LogP contribution in [0.15, 0.2) is 0 Å². The zero-order chi connectivity index (χ0) is 11.4. The summed E-state index contributed by atoms with van der Waals surface area (Å²) in [6.45, 7) is 2.89. The monoisotopic (exact) mass is 219 g/mol. The molecule has 1 saturated heterocycles. The van der Waals surface area contributed by atoms with Crippen LogP contribution in [0.5, 0.6) is 0 Å². The van der Waals surface area contributed by atoms with Crippen molar-refractivity contribution in [2.75, 3.05) is 19.7 Å². The molecule has 1 aliphatic rings. The van der Waals surface area contributed by atoms with Gasteiger partial charge in [0.1, 0.15) is 12.2 Å². The first-order valence-electron chi connectivity index (χ1n) is 5.51. The minimum atomic E-state index is -1.15. The summed E-state index contributed by atoms with van der Waals surface area (Å²) < 4.78 is 0. The molecule has 0 aliphatic carbocycles. The predicted octanol–water partition coefficient (Wildman–Crippen LogP) is -1.45. The highest BCUT2D eigenvalue weighted by molar-refractivity contribution is 4.93. The lowest BCUT2D eigenvalue weighted by molar-refractivity contribution is -0.145. The van der Waals surface area contributed by atoms with Crippen LogP contribution in [-0.2, 0) is 0 Å². The topological polar surface area (TPSA) is 84.2 Å². The highest BCUT2D eigenvalue weighted by Gasteiger charge is 2.40. The molecule has 90 valence electrons. The molecule has 0 bridgehead atoms. The molecule has 0 saturated carbocycles. The summed E-state index contributed by atoms with van der Waals surface area (Å²) in [4.78, 5) is 1.84. The van der Waals surface area contributed by atoms with Crippen LogP contribution in [0.4, 0.5) is 0 Å². The van der Waals surface area contributed by atoms with E-state index in [-0.39, 0.29) is 6.61 Å². The molecule has 1 fully saturated rings. The van der Waals surface area contributed by atoms with Crippen LogP contribution in [0.2, 0.25) is 0 Å². The van der Waals surface area contributed by atoms with Crippen molar-refractivity contribution in [1.29, 1.82) is 0 Å². The normalized spacial score (nSPS) is 38.2. The van der Waals surface area contributed by atoms with Crippen molar-refractivity contribution in [3.05, 3.63) is 0 Å². The summed E-state index contributed by atoms with van der Waals surface area (Å²) in [5, 5.41) is 37.8. The van der Waals surface area contributed by atoms with Gasteiger partial charge < -0.3 is 20.4 Å². The molecular weight excluding hydrogens is 198 g/mol. The van der Waals surface area contributed by atoms with Gasteiger partial charge in [0.05, 0.1) is 18.8 Å². The van der Waals surface area contributed by atoms with Gasteiger partial charge in [-0.3, -0.25) is 4.90 Å². The van der Waals surface area contributed by atoms with Gasteiger partial charge >= 0.3 is 0 Å². The molecular formula is C10H21NO4. The van der Waals surface area contributed by atoms with Gasteiger partial charge in [-0.1, -0.05) is 13.3 Å². The van der Waals surface area contributed by atoms with Gasteiger partial charge in [-0.05, 0) is 13.0 Å². The van der Waals surface area contributed by atoms with Crippen molar-refractivity contribution in [3.63, 3.8) is 0 Å². The van der Waals surface area contributed by atoms with E-state index in [4.69, 9.17) is 5.11 Å². The number of hydrogen-bond donors (Lipinski definition) is 4. The standard InChI is InChI=1S/C10H21NO4/c1-2-3-4-11-5-8(13)10(15)9(14)7(11)6-12/h7-10,12-15H,2-6H2,1H3/t7-,8-,9+,10-/m1/s1. The number of aliphatic hydroxyl groups excluding tert-OH is 4. The van der Waals surface area contributed by atoms with E-state index in [2.05, 4.69) is 6.92 Å². The van der Waals surface area contributed by atoms with Crippen LogP contribution < -0.4 is 0 Å². The quantitative estimate of drug-likeness (QED) is 0.465. The largest absolute Gasteiger partial charge is 0.395 e. The van der Waals surface area contributed by atoms with E-state index < -0.39 is 24.4 Å². The maximum absolute atomic E-state index is 9.67. The zero-order valence-electron chi connectivity index (χ0n) is 9.08. The highest BCUT2D eigenvalue weighted by Crippen LogP contribution is 2.19. The Balaban J connectivity index is 2.60. The van der Waals surface area contributed by atoms with Gasteiger partial charge in [0, 0.05) is 6.54 Å². The lowest BCUT2D eigenvalue weighted by Crippen LogP contribution is -2.62. The number of likely N-dealkylation sites (tertiary alicyclic amines) is 1. The molecule has 15 heavy (non-hydrogen) atoms. The highest BCUT2D eigenvalue weighted by atomic mass is 16.4.